The van der Waals surface area contributed by atoms with Crippen molar-refractivity contribution in [3.8, 4) is 5.75 Å². The smallest absolute Gasteiger partial charge is 0.230 e. The molecule has 0 radical (unpaired) electrons. The number of hydrogen-bond acceptors (Lipinski definition) is 5. The number of aliphatic imine (C=N–C) groups is 1. The van der Waals surface area contributed by atoms with Crippen LogP contribution >= 0.6 is 0 Å². The zero-order valence-electron chi connectivity index (χ0n) is 19.2. The van der Waals surface area contributed by atoms with Gasteiger partial charge in [0.15, 0.2) is 0 Å². The number of allylic oxidation sites excluding steroid dienone is 1. The lowest BCUT2D eigenvalue weighted by Crippen LogP contribution is -2.43. The number of nitrogens with two attached hydrogens (primary N) is 1. The van der Waals surface area contributed by atoms with Crippen LogP contribution in [0.3, 0.4) is 0 Å². The number of nitrogens with zero attached hydrogens (tertiary/aromatic N) is 2. The first-order valence-corrected chi connectivity index (χ1v) is 12.5. The van der Waals surface area contributed by atoms with Crippen LogP contribution in [0.2, 0.25) is 0 Å². The predicted octanol–water partition coefficient (Wildman–Crippen LogP) is 3.82. The van der Waals surface area contributed by atoms with Crippen molar-refractivity contribution in [3.05, 3.63) is 29.5 Å². The first kappa shape index (κ1) is 21.5. The molecule has 1 aromatic carbocycles. The first-order chi connectivity index (χ1) is 15.7. The number of fused-ring (bicyclic) bond motifs is 1. The Morgan fingerprint density at radius 2 is 1.94 bits per heavy atom. The van der Waals surface area contributed by atoms with Gasteiger partial charge in [-0.1, -0.05) is 0 Å². The molecule has 2 heterocycles. The summed E-state index contributed by atoms with van der Waals surface area (Å²) in [6, 6.07) is 4.76. The van der Waals surface area contributed by atoms with Crippen molar-refractivity contribution < 1.29 is 9.53 Å². The fraction of sp³-hybridized carbons (Fsp3) is 0.615. The molecule has 1 amide bonds. The number of amides is 1. The molecule has 2 saturated carbocycles. The first-order valence-electron chi connectivity index (χ1n) is 12.5. The summed E-state index contributed by atoms with van der Waals surface area (Å²) in [5.41, 5.74) is 10.2. The Kier molecular flexibility index (Phi) is 6.22. The second-order valence-corrected chi connectivity index (χ2v) is 9.86. The Bertz CT molecular complexity index is 911. The van der Waals surface area contributed by atoms with E-state index in [1.165, 1.54) is 6.42 Å². The summed E-state index contributed by atoms with van der Waals surface area (Å²) in [6.45, 7) is 4.20. The Morgan fingerprint density at radius 1 is 1.16 bits per heavy atom. The standard InChI is InChI=1S/C26H36N4O2/c1-17-5-8-23-24(30(17)26(31)18-6-7-18)10-9-22(25(23)32-21-3-2-4-21)19(15-27)16-29-20-11-13-28-14-12-20/h9-10,15-18,20-21,28H,2-8,11-14,27H2,1H3/b19-15+,29-16?. The fourth-order valence-electron chi connectivity index (χ4n) is 5.03. The molecule has 2 aliphatic heterocycles. The maximum absolute atomic E-state index is 13.1. The third kappa shape index (κ3) is 4.29. The molecule has 32 heavy (non-hydrogen) atoms. The number of ether oxygens (including phenoxy) is 1. The highest BCUT2D eigenvalue weighted by atomic mass is 16.5. The molecule has 2 aliphatic carbocycles. The van der Waals surface area contributed by atoms with Gasteiger partial charge < -0.3 is 20.7 Å². The van der Waals surface area contributed by atoms with E-state index in [1.54, 1.807) is 6.20 Å². The van der Waals surface area contributed by atoms with Gasteiger partial charge in [-0.05, 0) is 89.9 Å². The van der Waals surface area contributed by atoms with Crippen LogP contribution in [0.4, 0.5) is 5.69 Å². The summed E-state index contributed by atoms with van der Waals surface area (Å²) < 4.78 is 6.59. The second kappa shape index (κ2) is 9.26. The number of carbonyl (C=O) groups is 1. The monoisotopic (exact) mass is 436 g/mol. The van der Waals surface area contributed by atoms with Crippen molar-refractivity contribution in [2.75, 3.05) is 18.0 Å². The molecule has 1 saturated heterocycles. The van der Waals surface area contributed by atoms with Gasteiger partial charge in [0, 0.05) is 41.1 Å². The summed E-state index contributed by atoms with van der Waals surface area (Å²) in [6.07, 6.45) is 13.3. The van der Waals surface area contributed by atoms with Gasteiger partial charge in [0.1, 0.15) is 5.75 Å². The molecule has 172 valence electrons. The van der Waals surface area contributed by atoms with E-state index in [9.17, 15) is 4.79 Å². The quantitative estimate of drug-likeness (QED) is 0.665. The van der Waals surface area contributed by atoms with E-state index < -0.39 is 0 Å². The van der Waals surface area contributed by atoms with Gasteiger partial charge in [-0.25, -0.2) is 0 Å². The summed E-state index contributed by atoms with van der Waals surface area (Å²) in [4.78, 5) is 20.0. The molecule has 1 unspecified atom stereocenters. The Labute approximate surface area is 191 Å². The highest BCUT2D eigenvalue weighted by molar-refractivity contribution is 6.11. The summed E-state index contributed by atoms with van der Waals surface area (Å²) in [7, 11) is 0. The molecule has 1 aromatic rings. The van der Waals surface area contributed by atoms with Crippen LogP contribution in [0, 0.1) is 5.92 Å². The minimum atomic E-state index is 0.204. The lowest BCUT2D eigenvalue weighted by atomic mass is 9.90. The van der Waals surface area contributed by atoms with Gasteiger partial charge in [0.25, 0.3) is 0 Å². The maximum atomic E-state index is 13.1. The third-order valence-electron chi connectivity index (χ3n) is 7.47. The molecule has 0 spiro atoms. The van der Waals surface area contributed by atoms with Gasteiger partial charge >= 0.3 is 0 Å². The predicted molar refractivity (Wildman–Crippen MR) is 129 cm³/mol. The van der Waals surface area contributed by atoms with Crippen molar-refractivity contribution in [3.63, 3.8) is 0 Å². The number of benzene rings is 1. The summed E-state index contributed by atoms with van der Waals surface area (Å²) in [5, 5.41) is 3.39. The van der Waals surface area contributed by atoms with Crippen LogP contribution in [0.15, 0.2) is 23.3 Å². The van der Waals surface area contributed by atoms with Crippen LogP contribution in [-0.2, 0) is 11.2 Å². The Morgan fingerprint density at radius 3 is 2.59 bits per heavy atom. The number of hydrogen-bond donors (Lipinski definition) is 2. The fourth-order valence-corrected chi connectivity index (χ4v) is 5.03. The minimum Gasteiger partial charge on any atom is -0.489 e. The molecule has 3 fully saturated rings. The topological polar surface area (TPSA) is 80.0 Å². The van der Waals surface area contributed by atoms with Crippen molar-refractivity contribution >= 4 is 23.4 Å². The lowest BCUT2D eigenvalue weighted by Gasteiger charge is -2.38. The Balaban J connectivity index is 1.50. The van der Waals surface area contributed by atoms with Gasteiger partial charge in [-0.2, -0.15) is 0 Å². The maximum Gasteiger partial charge on any atom is 0.230 e. The van der Waals surface area contributed by atoms with Crippen molar-refractivity contribution in [1.29, 1.82) is 0 Å². The molecule has 1 atom stereocenters. The molecular weight excluding hydrogens is 400 g/mol. The molecule has 0 aromatic heterocycles. The molecular formula is C26H36N4O2. The molecule has 0 bridgehead atoms. The minimum absolute atomic E-state index is 0.204. The van der Waals surface area contributed by atoms with Gasteiger partial charge in [-0.15, -0.1) is 0 Å². The summed E-state index contributed by atoms with van der Waals surface area (Å²) in [5.74, 6) is 1.40. The van der Waals surface area contributed by atoms with E-state index >= 15 is 0 Å². The lowest BCUT2D eigenvalue weighted by molar-refractivity contribution is -0.120. The third-order valence-corrected chi connectivity index (χ3v) is 7.47. The van der Waals surface area contributed by atoms with Crippen LogP contribution < -0.4 is 20.7 Å². The molecule has 3 N–H and O–H groups in total. The van der Waals surface area contributed by atoms with Crippen LogP contribution in [0.1, 0.15) is 69.4 Å². The SMILES string of the molecule is CC1CCc2c(ccc(/C(C=NC3CCNCC3)=C/N)c2OC2CCC2)N1C(=O)C1CC1. The molecule has 5 rings (SSSR count). The molecule has 4 aliphatic rings. The highest BCUT2D eigenvalue weighted by Gasteiger charge is 2.39. The van der Waals surface area contributed by atoms with E-state index in [2.05, 4.69) is 24.4 Å². The number of piperidine rings is 1. The van der Waals surface area contributed by atoms with Crippen molar-refractivity contribution in [1.82, 2.24) is 5.32 Å². The normalized spacial score (nSPS) is 25.0. The van der Waals surface area contributed by atoms with E-state index in [0.29, 0.717) is 6.04 Å². The van der Waals surface area contributed by atoms with Gasteiger partial charge in [0.05, 0.1) is 17.8 Å². The van der Waals surface area contributed by atoms with Crippen LogP contribution in [0.5, 0.6) is 5.75 Å². The molecule has 6 heteroatoms. The van der Waals surface area contributed by atoms with E-state index in [1.807, 2.05) is 11.1 Å². The number of anilines is 1. The van der Waals surface area contributed by atoms with Gasteiger partial charge in [-0.3, -0.25) is 9.79 Å². The Hall–Kier alpha value is -2.34. The number of carbonyl (C=O) groups excluding carboxylic acids is 1. The summed E-state index contributed by atoms with van der Waals surface area (Å²) >= 11 is 0. The zero-order chi connectivity index (χ0) is 22.1. The number of nitrogens with one attached hydrogen (secondary N) is 1. The largest absolute Gasteiger partial charge is 0.489 e. The van der Waals surface area contributed by atoms with Gasteiger partial charge in [0.2, 0.25) is 5.91 Å². The van der Waals surface area contributed by atoms with E-state index in [4.69, 9.17) is 15.5 Å². The molecule has 6 nitrogen and oxygen atoms in total. The van der Waals surface area contributed by atoms with Crippen LogP contribution in [-0.4, -0.2) is 43.4 Å². The van der Waals surface area contributed by atoms with E-state index in [0.717, 1.165) is 92.6 Å². The highest BCUT2D eigenvalue weighted by Crippen LogP contribution is 2.44. The van der Waals surface area contributed by atoms with Crippen LogP contribution in [0.25, 0.3) is 5.57 Å². The average molecular weight is 437 g/mol. The second-order valence-electron chi connectivity index (χ2n) is 9.86. The zero-order valence-corrected chi connectivity index (χ0v) is 19.2. The average Bonchev–Trinajstić information content (AvgIpc) is 3.63. The van der Waals surface area contributed by atoms with E-state index in [-0.39, 0.29) is 24.0 Å². The number of rotatable bonds is 6. The van der Waals surface area contributed by atoms with Crippen molar-refractivity contribution in [2.45, 2.75) is 82.9 Å². The van der Waals surface area contributed by atoms with Crippen molar-refractivity contribution in [2.24, 2.45) is 16.6 Å².